The number of ether oxygens (including phenoxy) is 2. The van der Waals surface area contributed by atoms with Crippen LogP contribution in [-0.4, -0.2) is 37.1 Å². The number of rotatable bonds is 5. The largest absolute Gasteiger partial charge is 0.489 e. The molecule has 1 atom stereocenters. The van der Waals surface area contributed by atoms with Crippen LogP contribution >= 0.6 is 0 Å². The Kier molecular flexibility index (Phi) is 4.93. The lowest BCUT2D eigenvalue weighted by atomic mass is 10.1. The number of hydrogen-bond acceptors (Lipinski definition) is 3. The lowest BCUT2D eigenvalue weighted by molar-refractivity contribution is 0.0724. The molecule has 0 saturated carbocycles. The van der Waals surface area contributed by atoms with E-state index in [2.05, 4.69) is 0 Å². The highest BCUT2D eigenvalue weighted by molar-refractivity contribution is 5.94. The molecule has 4 nitrogen and oxygen atoms in total. The molecule has 2 aromatic rings. The molecule has 0 spiro atoms. The van der Waals surface area contributed by atoms with E-state index in [4.69, 9.17) is 9.47 Å². The highest BCUT2D eigenvalue weighted by Crippen LogP contribution is 2.17. The summed E-state index contributed by atoms with van der Waals surface area (Å²) in [6, 6.07) is 17.3. The van der Waals surface area contributed by atoms with Crippen LogP contribution in [0.25, 0.3) is 0 Å². The van der Waals surface area contributed by atoms with Crippen molar-refractivity contribution in [1.29, 1.82) is 0 Å². The van der Waals surface area contributed by atoms with Gasteiger partial charge in [0.25, 0.3) is 5.91 Å². The average molecular weight is 311 g/mol. The Morgan fingerprint density at radius 1 is 1.13 bits per heavy atom. The molecule has 0 aliphatic carbocycles. The van der Waals surface area contributed by atoms with Crippen molar-refractivity contribution < 1.29 is 14.3 Å². The molecule has 2 aromatic carbocycles. The second kappa shape index (κ2) is 7.29. The van der Waals surface area contributed by atoms with E-state index in [0.29, 0.717) is 18.7 Å². The van der Waals surface area contributed by atoms with Gasteiger partial charge in [-0.2, -0.15) is 0 Å². The third-order valence-electron chi connectivity index (χ3n) is 4.12. The van der Waals surface area contributed by atoms with Crippen molar-refractivity contribution in [2.45, 2.75) is 19.1 Å². The van der Waals surface area contributed by atoms with Gasteiger partial charge in [0.2, 0.25) is 0 Å². The lowest BCUT2D eigenvalue weighted by Gasteiger charge is -2.16. The standard InChI is InChI=1S/C19H21NO3/c1-22-18-11-12-20(13-18)19(21)16-9-7-15(8-10-16)14-23-17-5-3-2-4-6-17/h2-10,18H,11-14H2,1H3/t18-/m1/s1. The van der Waals surface area contributed by atoms with E-state index in [-0.39, 0.29) is 12.0 Å². The molecule has 0 unspecified atom stereocenters. The minimum Gasteiger partial charge on any atom is -0.489 e. The molecule has 23 heavy (non-hydrogen) atoms. The van der Waals surface area contributed by atoms with Gasteiger partial charge in [-0.05, 0) is 36.2 Å². The maximum Gasteiger partial charge on any atom is 0.253 e. The van der Waals surface area contributed by atoms with E-state index in [0.717, 1.165) is 24.3 Å². The van der Waals surface area contributed by atoms with Crippen LogP contribution in [0.15, 0.2) is 54.6 Å². The fraction of sp³-hybridized carbons (Fsp3) is 0.316. The van der Waals surface area contributed by atoms with Gasteiger partial charge in [0.15, 0.2) is 0 Å². The van der Waals surface area contributed by atoms with Crippen LogP contribution in [-0.2, 0) is 11.3 Å². The second-order valence-electron chi connectivity index (χ2n) is 5.70. The van der Waals surface area contributed by atoms with E-state index in [1.165, 1.54) is 0 Å². The van der Waals surface area contributed by atoms with Gasteiger partial charge in [0.05, 0.1) is 6.10 Å². The Morgan fingerprint density at radius 2 is 1.87 bits per heavy atom. The number of methoxy groups -OCH3 is 1. The molecule has 0 radical (unpaired) electrons. The number of nitrogens with zero attached hydrogens (tertiary/aromatic N) is 1. The predicted octanol–water partition coefficient (Wildman–Crippen LogP) is 3.13. The number of hydrogen-bond donors (Lipinski definition) is 0. The molecule has 1 aliphatic heterocycles. The number of carbonyl (C=O) groups is 1. The summed E-state index contributed by atoms with van der Waals surface area (Å²) in [6.07, 6.45) is 1.07. The minimum absolute atomic E-state index is 0.0695. The van der Waals surface area contributed by atoms with Crippen LogP contribution in [0, 0.1) is 0 Å². The molecule has 1 saturated heterocycles. The number of para-hydroxylation sites is 1. The summed E-state index contributed by atoms with van der Waals surface area (Å²) in [7, 11) is 1.69. The summed E-state index contributed by atoms with van der Waals surface area (Å²) in [6.45, 7) is 1.93. The summed E-state index contributed by atoms with van der Waals surface area (Å²) in [5.74, 6) is 0.912. The Hall–Kier alpha value is -2.33. The van der Waals surface area contributed by atoms with Crippen molar-refractivity contribution in [3.63, 3.8) is 0 Å². The van der Waals surface area contributed by atoms with E-state index < -0.39 is 0 Å². The normalized spacial score (nSPS) is 17.3. The maximum absolute atomic E-state index is 12.4. The van der Waals surface area contributed by atoms with Crippen molar-refractivity contribution in [2.75, 3.05) is 20.2 Å². The zero-order chi connectivity index (χ0) is 16.1. The predicted molar refractivity (Wildman–Crippen MR) is 88.5 cm³/mol. The first kappa shape index (κ1) is 15.6. The van der Waals surface area contributed by atoms with Crippen molar-refractivity contribution in [3.8, 4) is 5.75 Å². The number of benzene rings is 2. The molecule has 3 rings (SSSR count). The van der Waals surface area contributed by atoms with Crippen LogP contribution in [0.3, 0.4) is 0 Å². The molecule has 1 aliphatic rings. The smallest absolute Gasteiger partial charge is 0.253 e. The van der Waals surface area contributed by atoms with Crippen LogP contribution in [0.1, 0.15) is 22.3 Å². The number of carbonyl (C=O) groups excluding carboxylic acids is 1. The summed E-state index contributed by atoms with van der Waals surface area (Å²) in [5, 5.41) is 0. The van der Waals surface area contributed by atoms with Crippen LogP contribution in [0.2, 0.25) is 0 Å². The molecule has 1 heterocycles. The minimum atomic E-state index is 0.0695. The SMILES string of the molecule is CO[C@@H]1CCN(C(=O)c2ccc(COc3ccccc3)cc2)C1. The maximum atomic E-state index is 12.4. The molecule has 4 heteroatoms. The Balaban J connectivity index is 1.57. The zero-order valence-corrected chi connectivity index (χ0v) is 13.3. The van der Waals surface area contributed by atoms with E-state index >= 15 is 0 Å². The van der Waals surface area contributed by atoms with Gasteiger partial charge >= 0.3 is 0 Å². The average Bonchev–Trinajstić information content (AvgIpc) is 3.10. The molecule has 120 valence electrons. The molecular formula is C19H21NO3. The van der Waals surface area contributed by atoms with Gasteiger partial charge in [0, 0.05) is 25.8 Å². The first-order valence-corrected chi connectivity index (χ1v) is 7.85. The van der Waals surface area contributed by atoms with Gasteiger partial charge in [0.1, 0.15) is 12.4 Å². The van der Waals surface area contributed by atoms with E-state index in [9.17, 15) is 4.79 Å². The van der Waals surface area contributed by atoms with Gasteiger partial charge < -0.3 is 14.4 Å². The van der Waals surface area contributed by atoms with Gasteiger partial charge in [-0.3, -0.25) is 4.79 Å². The van der Waals surface area contributed by atoms with Crippen LogP contribution in [0.4, 0.5) is 0 Å². The molecule has 0 aromatic heterocycles. The van der Waals surface area contributed by atoms with Crippen LogP contribution < -0.4 is 4.74 Å². The van der Waals surface area contributed by atoms with Crippen LogP contribution in [0.5, 0.6) is 5.75 Å². The van der Waals surface area contributed by atoms with Gasteiger partial charge in [-0.1, -0.05) is 30.3 Å². The first-order chi connectivity index (χ1) is 11.3. The van der Waals surface area contributed by atoms with Gasteiger partial charge in [-0.25, -0.2) is 0 Å². The van der Waals surface area contributed by atoms with Crippen molar-refractivity contribution >= 4 is 5.91 Å². The zero-order valence-electron chi connectivity index (χ0n) is 13.3. The van der Waals surface area contributed by atoms with E-state index in [1.54, 1.807) is 7.11 Å². The molecule has 0 bridgehead atoms. The molecule has 1 amide bonds. The quantitative estimate of drug-likeness (QED) is 0.851. The molecular weight excluding hydrogens is 290 g/mol. The van der Waals surface area contributed by atoms with Crippen molar-refractivity contribution in [2.24, 2.45) is 0 Å². The Morgan fingerprint density at radius 3 is 2.52 bits per heavy atom. The Labute approximate surface area is 136 Å². The van der Waals surface area contributed by atoms with Crippen molar-refractivity contribution in [3.05, 3.63) is 65.7 Å². The monoisotopic (exact) mass is 311 g/mol. The Bertz CT molecular complexity index is 639. The fourth-order valence-electron chi connectivity index (χ4n) is 2.71. The number of amides is 1. The summed E-state index contributed by atoms with van der Waals surface area (Å²) in [4.78, 5) is 14.3. The highest BCUT2D eigenvalue weighted by atomic mass is 16.5. The summed E-state index contributed by atoms with van der Waals surface area (Å²) >= 11 is 0. The second-order valence-corrected chi connectivity index (χ2v) is 5.70. The summed E-state index contributed by atoms with van der Waals surface area (Å²) < 4.78 is 11.0. The fourth-order valence-corrected chi connectivity index (χ4v) is 2.71. The van der Waals surface area contributed by atoms with Gasteiger partial charge in [-0.15, -0.1) is 0 Å². The topological polar surface area (TPSA) is 38.8 Å². The number of likely N-dealkylation sites (tertiary alicyclic amines) is 1. The lowest BCUT2D eigenvalue weighted by Crippen LogP contribution is -2.29. The third-order valence-corrected chi connectivity index (χ3v) is 4.12. The third kappa shape index (κ3) is 3.90. The highest BCUT2D eigenvalue weighted by Gasteiger charge is 2.26. The van der Waals surface area contributed by atoms with E-state index in [1.807, 2.05) is 59.5 Å². The summed E-state index contributed by atoms with van der Waals surface area (Å²) in [5.41, 5.74) is 1.76. The molecule has 1 fully saturated rings. The van der Waals surface area contributed by atoms with Crippen molar-refractivity contribution in [1.82, 2.24) is 4.90 Å². The molecule has 0 N–H and O–H groups in total. The first-order valence-electron chi connectivity index (χ1n) is 7.85.